The van der Waals surface area contributed by atoms with Crippen molar-refractivity contribution in [2.45, 2.75) is 18.9 Å². The zero-order valence-corrected chi connectivity index (χ0v) is 11.5. The van der Waals surface area contributed by atoms with Crippen LogP contribution in [0.4, 0.5) is 5.82 Å². The Morgan fingerprint density at radius 2 is 1.94 bits per heavy atom. The molecule has 3 nitrogen and oxygen atoms in total. The third kappa shape index (κ3) is 2.54. The Bertz CT molecular complexity index is 555. The molecule has 1 fully saturated rings. The van der Waals surface area contributed by atoms with Gasteiger partial charge in [-0.1, -0.05) is 12.1 Å². The summed E-state index contributed by atoms with van der Waals surface area (Å²) < 4.78 is 0. The molecule has 1 saturated heterocycles. The second-order valence-electron chi connectivity index (χ2n) is 4.39. The summed E-state index contributed by atoms with van der Waals surface area (Å²) in [5, 5.41) is 4.86. The van der Waals surface area contributed by atoms with Crippen LogP contribution in [-0.2, 0) is 0 Å². The van der Waals surface area contributed by atoms with Crippen LogP contribution in [-0.4, -0.2) is 27.5 Å². The molecular formula is C13H14ClN3S. The first kappa shape index (κ1) is 12.1. The molecule has 2 heterocycles. The molecule has 0 spiro atoms. The lowest BCUT2D eigenvalue weighted by Gasteiger charge is -2.23. The van der Waals surface area contributed by atoms with Gasteiger partial charge in [-0.05, 0) is 48.1 Å². The molecule has 1 aliphatic heterocycles. The summed E-state index contributed by atoms with van der Waals surface area (Å²) in [5.74, 6) is 3.30. The van der Waals surface area contributed by atoms with Crippen LogP contribution in [0, 0.1) is 0 Å². The van der Waals surface area contributed by atoms with E-state index in [1.165, 1.54) is 24.3 Å². The highest BCUT2D eigenvalue weighted by molar-refractivity contribution is 7.99. The zero-order valence-electron chi connectivity index (χ0n) is 9.90. The van der Waals surface area contributed by atoms with E-state index in [1.54, 1.807) is 0 Å². The third-order valence-electron chi connectivity index (χ3n) is 3.14. The van der Waals surface area contributed by atoms with Crippen molar-refractivity contribution in [3.05, 3.63) is 29.5 Å². The Morgan fingerprint density at radius 3 is 2.78 bits per heavy atom. The molecular weight excluding hydrogens is 266 g/mol. The van der Waals surface area contributed by atoms with E-state index >= 15 is 0 Å². The van der Waals surface area contributed by atoms with E-state index in [0.29, 0.717) is 11.3 Å². The van der Waals surface area contributed by atoms with Gasteiger partial charge in [-0.25, -0.2) is 9.97 Å². The van der Waals surface area contributed by atoms with Gasteiger partial charge >= 0.3 is 0 Å². The fraction of sp³-hybridized carbons (Fsp3) is 0.385. The standard InChI is InChI=1S/C13H14ClN3S/c14-13-16-11-4-2-1-3-10(11)12(17-13)15-9-5-7-18-8-6-9/h1-4,9H,5-8H2,(H,15,16,17). The predicted octanol–water partition coefficient (Wildman–Crippen LogP) is 3.59. The van der Waals surface area contributed by atoms with Gasteiger partial charge in [0, 0.05) is 11.4 Å². The molecule has 1 aromatic heterocycles. The lowest BCUT2D eigenvalue weighted by molar-refractivity contribution is 0.664. The van der Waals surface area contributed by atoms with Crippen LogP contribution >= 0.6 is 23.4 Å². The molecule has 0 saturated carbocycles. The number of para-hydroxylation sites is 1. The minimum absolute atomic E-state index is 0.307. The van der Waals surface area contributed by atoms with Gasteiger partial charge in [0.1, 0.15) is 5.82 Å². The topological polar surface area (TPSA) is 37.8 Å². The number of benzene rings is 1. The number of rotatable bonds is 2. The average Bonchev–Trinajstić information content (AvgIpc) is 2.40. The van der Waals surface area contributed by atoms with Gasteiger partial charge in [-0.2, -0.15) is 11.8 Å². The van der Waals surface area contributed by atoms with Crippen LogP contribution in [0.25, 0.3) is 10.9 Å². The SMILES string of the molecule is Clc1nc(NC2CCSCC2)c2ccccc2n1. The average molecular weight is 280 g/mol. The molecule has 0 unspecified atom stereocenters. The number of thioether (sulfide) groups is 1. The molecule has 1 N–H and O–H groups in total. The van der Waals surface area contributed by atoms with Crippen molar-refractivity contribution in [3.8, 4) is 0 Å². The monoisotopic (exact) mass is 279 g/mol. The fourth-order valence-corrected chi connectivity index (χ4v) is 3.48. The molecule has 1 aliphatic rings. The number of aromatic nitrogens is 2. The molecule has 0 bridgehead atoms. The summed E-state index contributed by atoms with van der Waals surface area (Å²) in [5.41, 5.74) is 0.894. The predicted molar refractivity (Wildman–Crippen MR) is 78.5 cm³/mol. The van der Waals surface area contributed by atoms with Crippen molar-refractivity contribution >= 4 is 40.1 Å². The van der Waals surface area contributed by atoms with E-state index in [-0.39, 0.29) is 0 Å². The lowest BCUT2D eigenvalue weighted by atomic mass is 10.1. The molecule has 1 aromatic carbocycles. The van der Waals surface area contributed by atoms with E-state index in [4.69, 9.17) is 11.6 Å². The summed E-state index contributed by atoms with van der Waals surface area (Å²) in [4.78, 5) is 8.57. The molecule has 0 aliphatic carbocycles. The first-order valence-electron chi connectivity index (χ1n) is 6.09. The minimum atomic E-state index is 0.307. The van der Waals surface area contributed by atoms with E-state index in [1.807, 2.05) is 36.0 Å². The van der Waals surface area contributed by atoms with Gasteiger partial charge in [0.2, 0.25) is 5.28 Å². The highest BCUT2D eigenvalue weighted by Crippen LogP contribution is 2.25. The molecule has 18 heavy (non-hydrogen) atoms. The Balaban J connectivity index is 1.94. The number of nitrogens with one attached hydrogen (secondary N) is 1. The summed E-state index contributed by atoms with van der Waals surface area (Å²) in [6, 6.07) is 8.46. The van der Waals surface area contributed by atoms with Crippen molar-refractivity contribution in [1.82, 2.24) is 9.97 Å². The maximum atomic E-state index is 5.98. The van der Waals surface area contributed by atoms with Crippen LogP contribution in [0.2, 0.25) is 5.28 Å². The number of halogens is 1. The third-order valence-corrected chi connectivity index (χ3v) is 4.36. The second kappa shape index (κ2) is 5.33. The van der Waals surface area contributed by atoms with Crippen LogP contribution < -0.4 is 5.32 Å². The lowest BCUT2D eigenvalue weighted by Crippen LogP contribution is -2.25. The van der Waals surface area contributed by atoms with Crippen molar-refractivity contribution in [2.75, 3.05) is 16.8 Å². The number of hydrogen-bond acceptors (Lipinski definition) is 4. The summed E-state index contributed by atoms with van der Waals surface area (Å²) >= 11 is 7.99. The van der Waals surface area contributed by atoms with E-state index in [0.717, 1.165) is 16.7 Å². The Hall–Kier alpha value is -1.00. The smallest absolute Gasteiger partial charge is 0.224 e. The molecule has 94 valence electrons. The maximum absolute atomic E-state index is 5.98. The Kier molecular flexibility index (Phi) is 3.57. The summed E-state index contributed by atoms with van der Waals surface area (Å²) in [6.07, 6.45) is 2.36. The summed E-state index contributed by atoms with van der Waals surface area (Å²) in [7, 11) is 0. The Labute approximate surface area is 115 Å². The normalized spacial score (nSPS) is 16.9. The Morgan fingerprint density at radius 1 is 1.17 bits per heavy atom. The first-order chi connectivity index (χ1) is 8.83. The highest BCUT2D eigenvalue weighted by Gasteiger charge is 2.15. The summed E-state index contributed by atoms with van der Waals surface area (Å²) in [6.45, 7) is 0. The number of fused-ring (bicyclic) bond motifs is 1. The van der Waals surface area contributed by atoms with Crippen LogP contribution in [0.1, 0.15) is 12.8 Å². The van der Waals surface area contributed by atoms with E-state index in [9.17, 15) is 0 Å². The minimum Gasteiger partial charge on any atom is -0.367 e. The van der Waals surface area contributed by atoms with Gasteiger partial charge in [0.15, 0.2) is 0 Å². The number of hydrogen-bond donors (Lipinski definition) is 1. The largest absolute Gasteiger partial charge is 0.367 e. The molecule has 3 rings (SSSR count). The number of anilines is 1. The molecule has 0 atom stereocenters. The molecule has 0 radical (unpaired) electrons. The van der Waals surface area contributed by atoms with Crippen LogP contribution in [0.15, 0.2) is 24.3 Å². The van der Waals surface area contributed by atoms with Gasteiger partial charge in [-0.15, -0.1) is 0 Å². The van der Waals surface area contributed by atoms with Crippen molar-refractivity contribution in [3.63, 3.8) is 0 Å². The van der Waals surface area contributed by atoms with Crippen LogP contribution in [0.3, 0.4) is 0 Å². The second-order valence-corrected chi connectivity index (χ2v) is 5.95. The molecule has 5 heteroatoms. The van der Waals surface area contributed by atoms with E-state index in [2.05, 4.69) is 15.3 Å². The quantitative estimate of drug-likeness (QED) is 0.853. The fourth-order valence-electron chi connectivity index (χ4n) is 2.19. The van der Waals surface area contributed by atoms with Crippen molar-refractivity contribution in [2.24, 2.45) is 0 Å². The zero-order chi connectivity index (χ0) is 12.4. The molecule has 2 aromatic rings. The molecule has 0 amide bonds. The van der Waals surface area contributed by atoms with Gasteiger partial charge in [0.25, 0.3) is 0 Å². The van der Waals surface area contributed by atoms with E-state index < -0.39 is 0 Å². The van der Waals surface area contributed by atoms with Gasteiger partial charge < -0.3 is 5.32 Å². The van der Waals surface area contributed by atoms with Crippen molar-refractivity contribution < 1.29 is 0 Å². The number of nitrogens with zero attached hydrogens (tertiary/aromatic N) is 2. The van der Waals surface area contributed by atoms with Gasteiger partial charge in [-0.3, -0.25) is 0 Å². The highest BCUT2D eigenvalue weighted by atomic mass is 35.5. The van der Waals surface area contributed by atoms with Crippen molar-refractivity contribution in [1.29, 1.82) is 0 Å². The van der Waals surface area contributed by atoms with Crippen LogP contribution in [0.5, 0.6) is 0 Å². The van der Waals surface area contributed by atoms with Gasteiger partial charge in [0.05, 0.1) is 5.52 Å². The maximum Gasteiger partial charge on any atom is 0.224 e. The first-order valence-corrected chi connectivity index (χ1v) is 7.63.